The van der Waals surface area contributed by atoms with Crippen LogP contribution in [-0.4, -0.2) is 72.2 Å². The number of carbonyl (C=O) groups excluding carboxylic acids is 2. The minimum Gasteiger partial charge on any atom is -0.462 e. The van der Waals surface area contributed by atoms with E-state index >= 15 is 0 Å². The first kappa shape index (κ1) is 48.2. The lowest BCUT2D eigenvalue weighted by Crippen LogP contribution is -2.29. The van der Waals surface area contributed by atoms with Crippen LogP contribution in [-0.2, 0) is 41.8 Å². The molecule has 0 saturated heterocycles. The molecule has 0 aromatic carbocycles. The van der Waals surface area contributed by atoms with Gasteiger partial charge >= 0.3 is 27.6 Å². The first-order chi connectivity index (χ1) is 22.4. The van der Waals surface area contributed by atoms with Gasteiger partial charge in [0.1, 0.15) is 6.61 Å². The molecule has 0 aliphatic rings. The van der Waals surface area contributed by atoms with E-state index < -0.39 is 34.3 Å². The normalized spacial score (nSPS) is 13.3. The average molecular weight is 721 g/mol. The minimum absolute atomic E-state index is 0.0571. The maximum atomic E-state index is 12.4. The zero-order valence-corrected chi connectivity index (χ0v) is 30.8. The molecule has 0 aliphatic heterocycles. The van der Waals surface area contributed by atoms with Gasteiger partial charge in [0.2, 0.25) is 0 Å². The first-order valence-electron chi connectivity index (χ1n) is 17.5. The van der Waals surface area contributed by atoms with E-state index in [1.165, 1.54) is 77.0 Å². The summed E-state index contributed by atoms with van der Waals surface area (Å²) in [6.07, 6.45) is 20.0. The Morgan fingerprint density at radius 3 is 1.38 bits per heavy atom. The summed E-state index contributed by atoms with van der Waals surface area (Å²) < 4.78 is 46.1. The lowest BCUT2D eigenvalue weighted by atomic mass is 10.1. The average Bonchev–Trinajstić information content (AvgIpc) is 3.02. The summed E-state index contributed by atoms with van der Waals surface area (Å²) in [5.41, 5.74) is 10.2. The maximum absolute atomic E-state index is 12.4. The van der Waals surface area contributed by atoms with E-state index in [2.05, 4.69) is 18.4 Å². The number of esters is 2. The summed E-state index contributed by atoms with van der Waals surface area (Å²) in [4.78, 5) is 50.3. The predicted octanol–water partition coefficient (Wildman–Crippen LogP) is 6.43. The van der Waals surface area contributed by atoms with Gasteiger partial charge < -0.3 is 35.6 Å². The van der Waals surface area contributed by atoms with E-state index in [0.717, 1.165) is 32.1 Å². The SMILES string of the molecule is CCCCCCCCCCCC(=O)OC[C@H](COP(=O)(O)OCCN)OC(=O)CCCCCCCCCCC.NCCOP(=O)(O)O. The van der Waals surface area contributed by atoms with Crippen molar-refractivity contribution in [2.24, 2.45) is 11.5 Å². The van der Waals surface area contributed by atoms with E-state index in [4.69, 9.17) is 39.8 Å². The Bertz CT molecular complexity index is 832. The molecule has 0 heterocycles. The smallest absolute Gasteiger partial charge is 0.462 e. The van der Waals surface area contributed by atoms with Gasteiger partial charge in [-0.15, -0.1) is 0 Å². The quantitative estimate of drug-likeness (QED) is 0.0287. The highest BCUT2D eigenvalue weighted by molar-refractivity contribution is 7.47. The van der Waals surface area contributed by atoms with Crippen molar-refractivity contribution in [1.82, 2.24) is 0 Å². The fourth-order valence-electron chi connectivity index (χ4n) is 4.33. The maximum Gasteiger partial charge on any atom is 0.472 e. The lowest BCUT2D eigenvalue weighted by Gasteiger charge is -2.19. The highest BCUT2D eigenvalue weighted by Crippen LogP contribution is 2.43. The van der Waals surface area contributed by atoms with Crippen LogP contribution < -0.4 is 11.5 Å². The van der Waals surface area contributed by atoms with Gasteiger partial charge in [-0.25, -0.2) is 9.13 Å². The van der Waals surface area contributed by atoms with Crippen LogP contribution in [0.1, 0.15) is 142 Å². The van der Waals surface area contributed by atoms with Crippen LogP contribution in [0.4, 0.5) is 0 Å². The Balaban J connectivity index is 0. The number of phosphoric acid groups is 2. The monoisotopic (exact) mass is 720 g/mol. The molecule has 282 valence electrons. The van der Waals surface area contributed by atoms with E-state index in [0.29, 0.717) is 6.42 Å². The van der Waals surface area contributed by atoms with Crippen molar-refractivity contribution in [3.63, 3.8) is 0 Å². The number of hydrogen-bond donors (Lipinski definition) is 5. The van der Waals surface area contributed by atoms with Crippen molar-refractivity contribution >= 4 is 27.6 Å². The standard InChI is InChI=1S/C29H58NO8P.C2H8NO4P/c1-3-5-7-9-11-13-15-17-19-21-28(31)35-25-27(26-37-39(33,34)36-24-23-30)38-29(32)22-20-18-16-14-12-10-8-6-4-2;3-1-2-7-8(4,5)6/h27H,3-26,30H2,1-2H3,(H,33,34);1-3H2,(H2,4,5,6)/t27-;/m1./s1. The van der Waals surface area contributed by atoms with Crippen LogP contribution >= 0.6 is 15.6 Å². The molecular weight excluding hydrogens is 654 g/mol. The summed E-state index contributed by atoms with van der Waals surface area (Å²) in [6.45, 7) is 3.67. The van der Waals surface area contributed by atoms with Gasteiger partial charge in [0.25, 0.3) is 0 Å². The summed E-state index contributed by atoms with van der Waals surface area (Å²) >= 11 is 0. The second-order valence-corrected chi connectivity index (χ2v) is 14.1. The number of ether oxygens (including phenoxy) is 2. The molecule has 0 aliphatic carbocycles. The number of hydrogen-bond acceptors (Lipinski definition) is 11. The Kier molecular flexibility index (Phi) is 34.4. The van der Waals surface area contributed by atoms with Crippen molar-refractivity contribution in [1.29, 1.82) is 0 Å². The predicted molar refractivity (Wildman–Crippen MR) is 182 cm³/mol. The van der Waals surface area contributed by atoms with Crippen LogP contribution in [0.5, 0.6) is 0 Å². The summed E-state index contributed by atoms with van der Waals surface area (Å²) in [5, 5.41) is 0. The van der Waals surface area contributed by atoms with Crippen LogP contribution in [0.25, 0.3) is 0 Å². The third kappa shape index (κ3) is 39.4. The zero-order valence-electron chi connectivity index (χ0n) is 29.0. The van der Waals surface area contributed by atoms with Crippen LogP contribution in [0.2, 0.25) is 0 Å². The fraction of sp³-hybridized carbons (Fsp3) is 0.935. The number of rotatable bonds is 32. The fourth-order valence-corrected chi connectivity index (χ4v) is 5.44. The molecule has 1 unspecified atom stereocenters. The van der Waals surface area contributed by atoms with Gasteiger partial charge in [-0.05, 0) is 12.8 Å². The highest BCUT2D eigenvalue weighted by Gasteiger charge is 2.26. The largest absolute Gasteiger partial charge is 0.472 e. The minimum atomic E-state index is -4.35. The third-order valence-corrected chi connectivity index (χ3v) is 8.37. The van der Waals surface area contributed by atoms with E-state index in [9.17, 15) is 23.6 Å². The van der Waals surface area contributed by atoms with E-state index in [1.54, 1.807) is 0 Å². The van der Waals surface area contributed by atoms with Crippen LogP contribution in [0, 0.1) is 0 Å². The molecule has 0 fully saturated rings. The molecule has 0 saturated carbocycles. The topological polar surface area (TPSA) is 227 Å². The number of nitrogens with two attached hydrogens (primary N) is 2. The Hall–Kier alpha value is -0.920. The van der Waals surface area contributed by atoms with E-state index in [1.807, 2.05) is 0 Å². The second kappa shape index (κ2) is 33.6. The van der Waals surface area contributed by atoms with Gasteiger partial charge in [-0.2, -0.15) is 0 Å². The third-order valence-electron chi connectivity index (χ3n) is 6.87. The Labute approximate surface area is 283 Å². The molecule has 0 spiro atoms. The van der Waals surface area contributed by atoms with Crippen molar-refractivity contribution in [2.45, 2.75) is 148 Å². The molecule has 0 aromatic heterocycles. The van der Waals surface area contributed by atoms with Crippen LogP contribution in [0.3, 0.4) is 0 Å². The Morgan fingerprint density at radius 2 is 0.979 bits per heavy atom. The van der Waals surface area contributed by atoms with Gasteiger partial charge in [0.15, 0.2) is 6.10 Å². The van der Waals surface area contributed by atoms with Gasteiger partial charge in [-0.3, -0.25) is 23.2 Å². The lowest BCUT2D eigenvalue weighted by molar-refractivity contribution is -0.161. The number of unbranched alkanes of at least 4 members (excludes halogenated alkanes) is 16. The molecular formula is C31H66N2O12P2. The number of carbonyl (C=O) groups is 2. The zero-order chi connectivity index (χ0) is 35.7. The molecule has 0 bridgehead atoms. The van der Waals surface area contributed by atoms with Gasteiger partial charge in [0, 0.05) is 25.9 Å². The molecule has 47 heavy (non-hydrogen) atoms. The van der Waals surface area contributed by atoms with Crippen molar-refractivity contribution < 1.29 is 56.4 Å². The molecule has 16 heteroatoms. The molecule has 7 N–H and O–H groups in total. The van der Waals surface area contributed by atoms with Crippen molar-refractivity contribution in [3.8, 4) is 0 Å². The summed E-state index contributed by atoms with van der Waals surface area (Å²) in [6, 6.07) is 0. The number of phosphoric ester groups is 2. The van der Waals surface area contributed by atoms with Crippen molar-refractivity contribution in [3.05, 3.63) is 0 Å². The van der Waals surface area contributed by atoms with Gasteiger partial charge in [0.05, 0.1) is 19.8 Å². The van der Waals surface area contributed by atoms with Gasteiger partial charge in [-0.1, -0.05) is 117 Å². The summed E-state index contributed by atoms with van der Waals surface area (Å²) in [7, 11) is -8.61. The molecule has 0 aromatic rings. The first-order valence-corrected chi connectivity index (χ1v) is 20.5. The Morgan fingerprint density at radius 1 is 0.574 bits per heavy atom. The highest BCUT2D eigenvalue weighted by atomic mass is 31.2. The molecule has 0 radical (unpaired) electrons. The molecule has 0 rings (SSSR count). The molecule has 14 nitrogen and oxygen atoms in total. The summed E-state index contributed by atoms with van der Waals surface area (Å²) in [5.74, 6) is -0.832. The molecule has 0 amide bonds. The van der Waals surface area contributed by atoms with Crippen molar-refractivity contribution in [2.75, 3.05) is 39.5 Å². The molecule has 2 atom stereocenters. The van der Waals surface area contributed by atoms with Crippen LogP contribution in [0.15, 0.2) is 0 Å². The second-order valence-electron chi connectivity index (χ2n) is 11.5. The van der Waals surface area contributed by atoms with E-state index in [-0.39, 0.29) is 51.7 Å².